The summed E-state index contributed by atoms with van der Waals surface area (Å²) < 4.78 is 5.14. The van der Waals surface area contributed by atoms with Gasteiger partial charge in [0.05, 0.1) is 7.11 Å². The van der Waals surface area contributed by atoms with Crippen molar-refractivity contribution in [2.45, 2.75) is 19.3 Å². The highest BCUT2D eigenvalue weighted by Crippen LogP contribution is 2.28. The molecule has 4 nitrogen and oxygen atoms in total. The number of hydrogen-bond donors (Lipinski definition) is 1. The Bertz CT molecular complexity index is 596. The van der Waals surface area contributed by atoms with E-state index in [1.807, 2.05) is 18.3 Å². The van der Waals surface area contributed by atoms with Gasteiger partial charge in [-0.25, -0.2) is 9.97 Å². The van der Waals surface area contributed by atoms with E-state index in [0.29, 0.717) is 11.5 Å². The molecule has 1 aliphatic carbocycles. The van der Waals surface area contributed by atoms with Gasteiger partial charge in [0.15, 0.2) is 5.82 Å². The normalized spacial score (nSPS) is 13.4. The second kappa shape index (κ2) is 4.29. The highest BCUT2D eigenvalue weighted by molar-refractivity contribution is 5.73. The summed E-state index contributed by atoms with van der Waals surface area (Å²) in [4.78, 5) is 9.01. The summed E-state index contributed by atoms with van der Waals surface area (Å²) in [6, 6.07) is 5.58. The lowest BCUT2D eigenvalue weighted by Gasteiger charge is -2.08. The van der Waals surface area contributed by atoms with Crippen LogP contribution in [-0.4, -0.2) is 17.1 Å². The average Bonchev–Trinajstić information content (AvgIpc) is 2.85. The zero-order chi connectivity index (χ0) is 12.5. The molecule has 4 heteroatoms. The molecule has 0 bridgehead atoms. The standard InChI is InChI=1S/C14H15N3O/c1-18-10-5-6-11(12(15)7-10)14-16-8-9-3-2-4-13(9)17-14/h5-8H,2-4,15H2,1H3. The van der Waals surface area contributed by atoms with Crippen molar-refractivity contribution in [2.75, 3.05) is 12.8 Å². The van der Waals surface area contributed by atoms with Gasteiger partial charge in [-0.15, -0.1) is 0 Å². The van der Waals surface area contributed by atoms with Crippen molar-refractivity contribution in [2.24, 2.45) is 0 Å². The Hall–Kier alpha value is -2.10. The number of ether oxygens (including phenoxy) is 1. The number of methoxy groups -OCH3 is 1. The van der Waals surface area contributed by atoms with Gasteiger partial charge in [-0.3, -0.25) is 0 Å². The molecule has 18 heavy (non-hydrogen) atoms. The molecule has 3 rings (SSSR count). The largest absolute Gasteiger partial charge is 0.497 e. The fraction of sp³-hybridized carbons (Fsp3) is 0.286. The Morgan fingerprint density at radius 2 is 2.17 bits per heavy atom. The van der Waals surface area contributed by atoms with Crippen molar-refractivity contribution in [3.63, 3.8) is 0 Å². The van der Waals surface area contributed by atoms with Crippen molar-refractivity contribution in [3.8, 4) is 17.1 Å². The van der Waals surface area contributed by atoms with Gasteiger partial charge in [0.1, 0.15) is 5.75 Å². The molecule has 0 radical (unpaired) electrons. The Kier molecular flexibility index (Phi) is 2.63. The van der Waals surface area contributed by atoms with Crippen LogP contribution in [0.4, 0.5) is 5.69 Å². The summed E-state index contributed by atoms with van der Waals surface area (Å²) in [5.74, 6) is 1.45. The Morgan fingerprint density at radius 3 is 2.94 bits per heavy atom. The van der Waals surface area contributed by atoms with Gasteiger partial charge in [0, 0.05) is 29.2 Å². The predicted molar refractivity (Wildman–Crippen MR) is 70.5 cm³/mol. The van der Waals surface area contributed by atoms with Crippen LogP contribution in [0.25, 0.3) is 11.4 Å². The van der Waals surface area contributed by atoms with Crippen LogP contribution in [-0.2, 0) is 12.8 Å². The number of aryl methyl sites for hydroxylation is 2. The topological polar surface area (TPSA) is 61.0 Å². The molecule has 0 fully saturated rings. The molecule has 0 atom stereocenters. The fourth-order valence-corrected chi connectivity index (χ4v) is 2.31. The van der Waals surface area contributed by atoms with E-state index >= 15 is 0 Å². The van der Waals surface area contributed by atoms with Crippen molar-refractivity contribution >= 4 is 5.69 Å². The summed E-state index contributed by atoms with van der Waals surface area (Å²) in [6.45, 7) is 0. The molecule has 2 N–H and O–H groups in total. The Balaban J connectivity index is 2.04. The smallest absolute Gasteiger partial charge is 0.161 e. The van der Waals surface area contributed by atoms with Crippen molar-refractivity contribution < 1.29 is 4.74 Å². The monoisotopic (exact) mass is 241 g/mol. The van der Waals surface area contributed by atoms with Crippen LogP contribution in [0, 0.1) is 0 Å². The van der Waals surface area contributed by atoms with E-state index in [4.69, 9.17) is 10.5 Å². The van der Waals surface area contributed by atoms with E-state index in [0.717, 1.165) is 29.8 Å². The summed E-state index contributed by atoms with van der Waals surface area (Å²) in [5, 5.41) is 0. The van der Waals surface area contributed by atoms with Crippen molar-refractivity contribution in [3.05, 3.63) is 35.7 Å². The minimum absolute atomic E-state index is 0.646. The van der Waals surface area contributed by atoms with E-state index in [9.17, 15) is 0 Å². The zero-order valence-corrected chi connectivity index (χ0v) is 10.3. The van der Waals surface area contributed by atoms with Crippen LogP contribution in [0.5, 0.6) is 5.75 Å². The third-order valence-electron chi connectivity index (χ3n) is 3.31. The van der Waals surface area contributed by atoms with Gasteiger partial charge in [-0.2, -0.15) is 0 Å². The molecule has 0 spiro atoms. The van der Waals surface area contributed by atoms with Gasteiger partial charge in [-0.05, 0) is 37.0 Å². The summed E-state index contributed by atoms with van der Waals surface area (Å²) >= 11 is 0. The first-order valence-electron chi connectivity index (χ1n) is 6.06. The lowest BCUT2D eigenvalue weighted by Crippen LogP contribution is -1.98. The second-order valence-corrected chi connectivity index (χ2v) is 4.47. The molecule has 1 heterocycles. The van der Waals surface area contributed by atoms with Crippen molar-refractivity contribution in [1.82, 2.24) is 9.97 Å². The lowest BCUT2D eigenvalue weighted by atomic mass is 10.1. The molecule has 1 aromatic carbocycles. The van der Waals surface area contributed by atoms with E-state index in [2.05, 4.69) is 9.97 Å². The van der Waals surface area contributed by atoms with E-state index in [1.54, 1.807) is 13.2 Å². The first-order valence-corrected chi connectivity index (χ1v) is 6.06. The maximum Gasteiger partial charge on any atom is 0.161 e. The van der Waals surface area contributed by atoms with Crippen LogP contribution >= 0.6 is 0 Å². The van der Waals surface area contributed by atoms with Crippen LogP contribution in [0.1, 0.15) is 17.7 Å². The van der Waals surface area contributed by atoms with E-state index in [1.165, 1.54) is 12.0 Å². The number of rotatable bonds is 2. The molecule has 0 saturated heterocycles. The number of nitrogens with two attached hydrogens (primary N) is 1. The minimum Gasteiger partial charge on any atom is -0.497 e. The molecular weight excluding hydrogens is 226 g/mol. The fourth-order valence-electron chi connectivity index (χ4n) is 2.31. The van der Waals surface area contributed by atoms with Crippen LogP contribution in [0.2, 0.25) is 0 Å². The molecule has 0 amide bonds. The third kappa shape index (κ3) is 1.79. The average molecular weight is 241 g/mol. The minimum atomic E-state index is 0.646. The quantitative estimate of drug-likeness (QED) is 0.819. The number of anilines is 1. The van der Waals surface area contributed by atoms with Gasteiger partial charge in [0.2, 0.25) is 0 Å². The van der Waals surface area contributed by atoms with E-state index in [-0.39, 0.29) is 0 Å². The third-order valence-corrected chi connectivity index (χ3v) is 3.31. The number of hydrogen-bond acceptors (Lipinski definition) is 4. The first-order chi connectivity index (χ1) is 8.78. The molecule has 0 unspecified atom stereocenters. The van der Waals surface area contributed by atoms with Gasteiger partial charge in [0.25, 0.3) is 0 Å². The number of nitrogen functional groups attached to an aromatic ring is 1. The number of fused-ring (bicyclic) bond motifs is 1. The SMILES string of the molecule is COc1ccc(-c2ncc3c(n2)CCC3)c(N)c1. The number of nitrogens with zero attached hydrogens (tertiary/aromatic N) is 2. The molecular formula is C14H15N3O. The lowest BCUT2D eigenvalue weighted by molar-refractivity contribution is 0.415. The molecule has 2 aromatic rings. The van der Waals surface area contributed by atoms with Crippen LogP contribution < -0.4 is 10.5 Å². The van der Waals surface area contributed by atoms with Crippen LogP contribution in [0.15, 0.2) is 24.4 Å². The highest BCUT2D eigenvalue weighted by Gasteiger charge is 2.15. The maximum atomic E-state index is 6.01. The molecule has 1 aliphatic rings. The molecule has 92 valence electrons. The Morgan fingerprint density at radius 1 is 1.28 bits per heavy atom. The summed E-state index contributed by atoms with van der Waals surface area (Å²) in [6.07, 6.45) is 5.23. The predicted octanol–water partition coefficient (Wildman–Crippen LogP) is 2.22. The number of aromatic nitrogens is 2. The molecule has 0 saturated carbocycles. The number of benzene rings is 1. The van der Waals surface area contributed by atoms with Gasteiger partial charge in [-0.1, -0.05) is 0 Å². The zero-order valence-electron chi connectivity index (χ0n) is 10.3. The van der Waals surface area contributed by atoms with Gasteiger partial charge < -0.3 is 10.5 Å². The summed E-state index contributed by atoms with van der Waals surface area (Å²) in [7, 11) is 1.63. The van der Waals surface area contributed by atoms with Crippen LogP contribution in [0.3, 0.4) is 0 Å². The maximum absolute atomic E-state index is 6.01. The van der Waals surface area contributed by atoms with E-state index < -0.39 is 0 Å². The second-order valence-electron chi connectivity index (χ2n) is 4.47. The van der Waals surface area contributed by atoms with Gasteiger partial charge >= 0.3 is 0 Å². The summed E-state index contributed by atoms with van der Waals surface area (Å²) in [5.41, 5.74) is 9.96. The molecule has 1 aromatic heterocycles. The van der Waals surface area contributed by atoms with Crippen molar-refractivity contribution in [1.29, 1.82) is 0 Å². The highest BCUT2D eigenvalue weighted by atomic mass is 16.5. The molecule has 0 aliphatic heterocycles. The Labute approximate surface area is 106 Å². The first kappa shape index (κ1) is 11.0.